The largest absolute Gasteiger partial charge is 0.465 e. The highest BCUT2D eigenvalue weighted by atomic mass is 32.1. The van der Waals surface area contributed by atoms with Crippen LogP contribution in [0.15, 0.2) is 12.7 Å². The Morgan fingerprint density at radius 2 is 1.04 bits per heavy atom. The van der Waals surface area contributed by atoms with E-state index in [9.17, 15) is 4.79 Å². The number of hydrogen-bond acceptors (Lipinski definition) is 3. The lowest BCUT2D eigenvalue weighted by Gasteiger charge is -2.04. The second-order valence-electron chi connectivity index (χ2n) is 7.78. The zero-order valence-corrected chi connectivity index (χ0v) is 18.8. The number of esters is 1. The molecule has 0 atom stereocenters. The summed E-state index contributed by atoms with van der Waals surface area (Å²) in [5.41, 5.74) is 0. The number of carbonyl (C=O) groups is 1. The van der Waals surface area contributed by atoms with Gasteiger partial charge in [0.1, 0.15) is 6.61 Å². The summed E-state index contributed by atoms with van der Waals surface area (Å²) in [5.74, 6) is 0.551. The lowest BCUT2D eigenvalue weighted by Crippen LogP contribution is -2.06. The van der Waals surface area contributed by atoms with Gasteiger partial charge in [-0.3, -0.25) is 4.79 Å². The fraction of sp³-hybridized carbons (Fsp3) is 0.875. The van der Waals surface area contributed by atoms with Gasteiger partial charge in [-0.15, -0.1) is 6.58 Å². The molecule has 0 aliphatic heterocycles. The Bertz CT molecular complexity index is 318. The first-order valence-electron chi connectivity index (χ1n) is 11.7. The smallest absolute Gasteiger partial charge is 0.305 e. The van der Waals surface area contributed by atoms with Gasteiger partial charge in [0.2, 0.25) is 0 Å². The van der Waals surface area contributed by atoms with Gasteiger partial charge in [-0.05, 0) is 19.3 Å². The van der Waals surface area contributed by atoms with Crippen LogP contribution in [0.4, 0.5) is 0 Å². The van der Waals surface area contributed by atoms with Gasteiger partial charge in [0.05, 0.1) is 0 Å². The van der Waals surface area contributed by atoms with Crippen molar-refractivity contribution in [2.45, 2.75) is 122 Å². The number of rotatable bonds is 22. The predicted molar refractivity (Wildman–Crippen MR) is 123 cm³/mol. The molecule has 0 radical (unpaired) electrons. The van der Waals surface area contributed by atoms with Gasteiger partial charge in [0.25, 0.3) is 0 Å². The molecule has 27 heavy (non-hydrogen) atoms. The molecular weight excluding hydrogens is 352 g/mol. The van der Waals surface area contributed by atoms with Gasteiger partial charge >= 0.3 is 5.97 Å². The van der Waals surface area contributed by atoms with Crippen LogP contribution in [-0.2, 0) is 9.53 Å². The van der Waals surface area contributed by atoms with E-state index in [1.54, 1.807) is 0 Å². The average molecular weight is 399 g/mol. The average Bonchev–Trinajstić information content (AvgIpc) is 2.68. The molecule has 0 unspecified atom stereocenters. The van der Waals surface area contributed by atoms with Crippen LogP contribution < -0.4 is 0 Å². The van der Waals surface area contributed by atoms with Gasteiger partial charge in [-0.2, -0.15) is 12.6 Å². The molecule has 160 valence electrons. The van der Waals surface area contributed by atoms with Crippen LogP contribution in [0.1, 0.15) is 122 Å². The third-order valence-electron chi connectivity index (χ3n) is 5.14. The Morgan fingerprint density at radius 3 is 1.41 bits per heavy atom. The first-order chi connectivity index (χ1) is 13.3. The highest BCUT2D eigenvalue weighted by Gasteiger charge is 2.01. The quantitative estimate of drug-likeness (QED) is 0.0863. The van der Waals surface area contributed by atoms with Crippen molar-refractivity contribution >= 4 is 18.6 Å². The van der Waals surface area contributed by atoms with E-state index in [0.29, 0.717) is 18.8 Å². The fourth-order valence-corrected chi connectivity index (χ4v) is 3.53. The number of carbonyl (C=O) groups excluding carboxylic acids is 1. The van der Waals surface area contributed by atoms with E-state index in [1.165, 1.54) is 103 Å². The number of hydrogen-bond donors (Lipinski definition) is 1. The molecule has 3 heteroatoms. The van der Waals surface area contributed by atoms with E-state index in [-0.39, 0.29) is 5.97 Å². The summed E-state index contributed by atoms with van der Waals surface area (Å²) in [6.07, 6.45) is 26.8. The van der Waals surface area contributed by atoms with Gasteiger partial charge < -0.3 is 4.74 Å². The van der Waals surface area contributed by atoms with Crippen LogP contribution in [0, 0.1) is 0 Å². The summed E-state index contributed by atoms with van der Waals surface area (Å²) in [4.78, 5) is 11.3. The number of ether oxygens (including phenoxy) is 1. The van der Waals surface area contributed by atoms with Crippen molar-refractivity contribution in [3.63, 3.8) is 0 Å². The first kappa shape index (κ1) is 26.6. The molecule has 0 aromatic heterocycles. The molecule has 0 aromatic carbocycles. The number of allylic oxidation sites excluding steroid dienone is 1. The van der Waals surface area contributed by atoms with Crippen molar-refractivity contribution in [3.8, 4) is 0 Å². The van der Waals surface area contributed by atoms with Crippen molar-refractivity contribution in [1.82, 2.24) is 0 Å². The third kappa shape index (κ3) is 23.5. The van der Waals surface area contributed by atoms with Crippen molar-refractivity contribution in [3.05, 3.63) is 12.7 Å². The maximum absolute atomic E-state index is 11.3. The highest BCUT2D eigenvalue weighted by molar-refractivity contribution is 7.80. The SMILES string of the molecule is C=CCCCCCCCCCCCCCCCCCCCC(=O)OCCS. The fourth-order valence-electron chi connectivity index (χ4n) is 3.44. The van der Waals surface area contributed by atoms with E-state index in [1.807, 2.05) is 6.08 Å². The van der Waals surface area contributed by atoms with Crippen molar-refractivity contribution in [2.24, 2.45) is 0 Å². The minimum absolute atomic E-state index is 0.0624. The molecular formula is C24H46O2S. The molecule has 2 nitrogen and oxygen atoms in total. The summed E-state index contributed by atoms with van der Waals surface area (Å²) in [5, 5.41) is 0. The van der Waals surface area contributed by atoms with Crippen LogP contribution in [-0.4, -0.2) is 18.3 Å². The Morgan fingerprint density at radius 1 is 0.667 bits per heavy atom. The lowest BCUT2D eigenvalue weighted by atomic mass is 10.0. The molecule has 0 amide bonds. The van der Waals surface area contributed by atoms with Crippen LogP contribution >= 0.6 is 12.6 Å². The summed E-state index contributed by atoms with van der Waals surface area (Å²) in [6, 6.07) is 0. The maximum atomic E-state index is 11.3. The zero-order valence-electron chi connectivity index (χ0n) is 17.9. The van der Waals surface area contributed by atoms with Crippen molar-refractivity contribution in [1.29, 1.82) is 0 Å². The molecule has 0 saturated heterocycles. The minimum atomic E-state index is -0.0624. The van der Waals surface area contributed by atoms with Crippen molar-refractivity contribution in [2.75, 3.05) is 12.4 Å². The zero-order chi connectivity index (χ0) is 19.8. The van der Waals surface area contributed by atoms with Gasteiger partial charge in [-0.1, -0.05) is 102 Å². The Kier molecular flexibility index (Phi) is 23.2. The van der Waals surface area contributed by atoms with E-state index in [4.69, 9.17) is 4.74 Å². The molecule has 0 aromatic rings. The molecule has 0 aliphatic rings. The summed E-state index contributed by atoms with van der Waals surface area (Å²) >= 11 is 4.03. The van der Waals surface area contributed by atoms with Gasteiger partial charge in [-0.25, -0.2) is 0 Å². The molecule has 0 aliphatic carbocycles. The molecule has 0 bridgehead atoms. The van der Waals surface area contributed by atoms with Crippen LogP contribution in [0.3, 0.4) is 0 Å². The van der Waals surface area contributed by atoms with Crippen molar-refractivity contribution < 1.29 is 9.53 Å². The molecule has 0 fully saturated rings. The monoisotopic (exact) mass is 398 g/mol. The first-order valence-corrected chi connectivity index (χ1v) is 12.3. The van der Waals surface area contributed by atoms with Crippen LogP contribution in [0.5, 0.6) is 0 Å². The Balaban J connectivity index is 3.05. The van der Waals surface area contributed by atoms with Gasteiger partial charge in [0.15, 0.2) is 0 Å². The molecule has 0 saturated carbocycles. The summed E-state index contributed by atoms with van der Waals surface area (Å²) < 4.78 is 5.01. The molecule has 0 rings (SSSR count). The third-order valence-corrected chi connectivity index (χ3v) is 5.33. The van der Waals surface area contributed by atoms with Gasteiger partial charge in [0, 0.05) is 12.2 Å². The van der Waals surface area contributed by atoms with E-state index >= 15 is 0 Å². The Hall–Kier alpha value is -0.440. The Labute approximate surface area is 175 Å². The summed E-state index contributed by atoms with van der Waals surface area (Å²) in [6.45, 7) is 4.21. The number of unbranched alkanes of at least 4 members (excludes halogenated alkanes) is 17. The number of thiol groups is 1. The minimum Gasteiger partial charge on any atom is -0.465 e. The van der Waals surface area contributed by atoms with E-state index < -0.39 is 0 Å². The second-order valence-corrected chi connectivity index (χ2v) is 8.23. The van der Waals surface area contributed by atoms with Crippen LogP contribution in [0.25, 0.3) is 0 Å². The molecule has 0 spiro atoms. The maximum Gasteiger partial charge on any atom is 0.305 e. The van der Waals surface area contributed by atoms with E-state index in [0.717, 1.165) is 12.8 Å². The second kappa shape index (κ2) is 23.6. The lowest BCUT2D eigenvalue weighted by molar-refractivity contribution is -0.143. The normalized spacial score (nSPS) is 10.9. The summed E-state index contributed by atoms with van der Waals surface area (Å²) in [7, 11) is 0. The van der Waals surface area contributed by atoms with E-state index in [2.05, 4.69) is 19.2 Å². The predicted octanol–water partition coefficient (Wildman–Crippen LogP) is 8.06. The highest BCUT2D eigenvalue weighted by Crippen LogP contribution is 2.14. The van der Waals surface area contributed by atoms with Crippen LogP contribution in [0.2, 0.25) is 0 Å². The molecule has 0 N–H and O–H groups in total. The topological polar surface area (TPSA) is 26.3 Å². The standard InChI is InChI=1S/C24H46O2S/c1-2-3-4-5-6-7-8-9-10-11-12-13-14-15-16-17-18-19-20-21-24(25)26-22-23-27/h2,27H,1,3-23H2. The molecule has 0 heterocycles.